The normalized spacial score (nSPS) is 11.5. The second-order valence-electron chi connectivity index (χ2n) is 2.12. The minimum atomic E-state index is -4.07. The molecular weight excluding hydrogens is 164 g/mol. The van der Waals surface area contributed by atoms with Crippen molar-refractivity contribution in [2.45, 2.75) is 4.90 Å². The fourth-order valence-electron chi connectivity index (χ4n) is 0.706. The Morgan fingerprint density at radius 1 is 1.36 bits per heavy atom. The van der Waals surface area contributed by atoms with Gasteiger partial charge in [-0.3, -0.25) is 4.55 Å². The Kier molecular flexibility index (Phi) is 1.97. The Labute approximate surface area is 65.4 Å². The van der Waals surface area contributed by atoms with Crippen molar-refractivity contribution in [1.29, 1.82) is 0 Å². The summed E-state index contributed by atoms with van der Waals surface area (Å²) in [5, 5.41) is 0. The van der Waals surface area contributed by atoms with E-state index in [9.17, 15) is 8.42 Å². The van der Waals surface area contributed by atoms with Gasteiger partial charge in [-0.15, -0.1) is 0 Å². The van der Waals surface area contributed by atoms with Crippen molar-refractivity contribution in [2.24, 2.45) is 0 Å². The Balaban J connectivity index is 3.28. The van der Waals surface area contributed by atoms with Crippen molar-refractivity contribution in [2.75, 3.05) is 0 Å². The Hall–Kier alpha value is -0.870. The lowest BCUT2D eigenvalue weighted by Crippen LogP contribution is -1.97. The molecular formula is C7H7O3S. The maximum absolute atomic E-state index is 10.5. The van der Waals surface area contributed by atoms with Gasteiger partial charge in [0.25, 0.3) is 10.1 Å². The summed E-state index contributed by atoms with van der Waals surface area (Å²) in [5.41, 5.74) is 0.556. The van der Waals surface area contributed by atoms with Gasteiger partial charge in [-0.05, 0) is 24.6 Å². The third-order valence-electron chi connectivity index (χ3n) is 1.20. The molecule has 0 spiro atoms. The first kappa shape index (κ1) is 8.23. The van der Waals surface area contributed by atoms with E-state index < -0.39 is 10.1 Å². The van der Waals surface area contributed by atoms with E-state index in [1.54, 1.807) is 6.07 Å². The third kappa shape index (κ3) is 2.03. The molecule has 0 aliphatic heterocycles. The van der Waals surface area contributed by atoms with E-state index in [0.29, 0.717) is 5.56 Å². The Morgan fingerprint density at radius 2 is 2.00 bits per heavy atom. The van der Waals surface area contributed by atoms with Crippen LogP contribution in [0.15, 0.2) is 29.2 Å². The maximum Gasteiger partial charge on any atom is 0.294 e. The molecule has 1 aromatic carbocycles. The molecule has 0 amide bonds. The highest BCUT2D eigenvalue weighted by atomic mass is 32.2. The molecule has 0 aliphatic rings. The Morgan fingerprint density at radius 3 is 2.36 bits per heavy atom. The van der Waals surface area contributed by atoms with Crippen LogP contribution >= 0.6 is 0 Å². The molecule has 11 heavy (non-hydrogen) atoms. The van der Waals surface area contributed by atoms with Crippen LogP contribution < -0.4 is 0 Å². The molecule has 59 valence electrons. The van der Waals surface area contributed by atoms with E-state index in [-0.39, 0.29) is 4.90 Å². The second-order valence-corrected chi connectivity index (χ2v) is 3.54. The number of benzene rings is 1. The molecule has 3 nitrogen and oxygen atoms in total. The van der Waals surface area contributed by atoms with Gasteiger partial charge in [-0.1, -0.05) is 12.1 Å². The molecule has 0 saturated carbocycles. The predicted molar refractivity (Wildman–Crippen MR) is 40.7 cm³/mol. The fraction of sp³-hybridized carbons (Fsp3) is 0. The highest BCUT2D eigenvalue weighted by Gasteiger charge is 2.07. The quantitative estimate of drug-likeness (QED) is 0.644. The summed E-state index contributed by atoms with van der Waals surface area (Å²) < 4.78 is 29.6. The predicted octanol–water partition coefficient (Wildman–Crippen LogP) is 1.12. The largest absolute Gasteiger partial charge is 0.294 e. The molecule has 1 N–H and O–H groups in total. The van der Waals surface area contributed by atoms with Gasteiger partial charge in [-0.2, -0.15) is 8.42 Å². The van der Waals surface area contributed by atoms with Crippen LogP contribution in [0.2, 0.25) is 0 Å². The molecule has 0 fully saturated rings. The molecule has 0 atom stereocenters. The van der Waals surface area contributed by atoms with Crippen LogP contribution in [0, 0.1) is 6.92 Å². The average molecular weight is 171 g/mol. The van der Waals surface area contributed by atoms with E-state index in [1.807, 2.05) is 0 Å². The maximum atomic E-state index is 10.5. The first-order chi connectivity index (χ1) is 5.00. The van der Waals surface area contributed by atoms with Gasteiger partial charge in [0.2, 0.25) is 0 Å². The van der Waals surface area contributed by atoms with Crippen molar-refractivity contribution < 1.29 is 13.0 Å². The second kappa shape index (κ2) is 2.64. The summed E-state index contributed by atoms with van der Waals surface area (Å²) in [5.74, 6) is 0. The van der Waals surface area contributed by atoms with Crippen LogP contribution in [0.5, 0.6) is 0 Å². The zero-order valence-electron chi connectivity index (χ0n) is 5.69. The van der Waals surface area contributed by atoms with Gasteiger partial charge >= 0.3 is 0 Å². The molecule has 0 aliphatic carbocycles. The third-order valence-corrected chi connectivity index (χ3v) is 2.05. The summed E-state index contributed by atoms with van der Waals surface area (Å²) in [6, 6.07) is 5.78. The van der Waals surface area contributed by atoms with Crippen molar-refractivity contribution >= 4 is 10.1 Å². The first-order valence-corrected chi connectivity index (χ1v) is 4.34. The Bertz CT molecular complexity index is 354. The number of hydrogen-bond acceptors (Lipinski definition) is 2. The van der Waals surface area contributed by atoms with E-state index in [0.717, 1.165) is 0 Å². The first-order valence-electron chi connectivity index (χ1n) is 2.89. The van der Waals surface area contributed by atoms with E-state index in [2.05, 4.69) is 6.92 Å². The van der Waals surface area contributed by atoms with E-state index >= 15 is 0 Å². The van der Waals surface area contributed by atoms with Gasteiger partial charge < -0.3 is 0 Å². The molecule has 0 bridgehead atoms. The zero-order chi connectivity index (χ0) is 8.48. The summed E-state index contributed by atoms with van der Waals surface area (Å²) in [6.07, 6.45) is 0. The summed E-state index contributed by atoms with van der Waals surface area (Å²) >= 11 is 0. The topological polar surface area (TPSA) is 54.4 Å². The van der Waals surface area contributed by atoms with Gasteiger partial charge in [-0.25, -0.2) is 0 Å². The minimum Gasteiger partial charge on any atom is -0.282 e. The highest BCUT2D eigenvalue weighted by Crippen LogP contribution is 2.09. The summed E-state index contributed by atoms with van der Waals surface area (Å²) in [4.78, 5) is -0.120. The van der Waals surface area contributed by atoms with Gasteiger partial charge in [0.05, 0.1) is 4.90 Å². The average Bonchev–Trinajstić information content (AvgIpc) is 1.86. The van der Waals surface area contributed by atoms with Crippen LogP contribution in [-0.4, -0.2) is 13.0 Å². The molecule has 0 saturated heterocycles. The standard InChI is InChI=1S/C7H7O3S/c1-6-3-2-4-7(5-6)11(8,9)10/h2-5H,1H2,(H,8,9,10). The van der Waals surface area contributed by atoms with Crippen LogP contribution in [0.25, 0.3) is 0 Å². The van der Waals surface area contributed by atoms with E-state index in [1.165, 1.54) is 18.2 Å². The molecule has 1 rings (SSSR count). The van der Waals surface area contributed by atoms with Crippen molar-refractivity contribution in [3.63, 3.8) is 0 Å². The lowest BCUT2D eigenvalue weighted by atomic mass is 10.2. The van der Waals surface area contributed by atoms with E-state index in [4.69, 9.17) is 4.55 Å². The fourth-order valence-corrected chi connectivity index (χ4v) is 1.26. The van der Waals surface area contributed by atoms with Gasteiger partial charge in [0.1, 0.15) is 0 Å². The van der Waals surface area contributed by atoms with Crippen molar-refractivity contribution in [3.8, 4) is 0 Å². The van der Waals surface area contributed by atoms with Crippen LogP contribution in [0.3, 0.4) is 0 Å². The van der Waals surface area contributed by atoms with Gasteiger partial charge in [0.15, 0.2) is 0 Å². The summed E-state index contributed by atoms with van der Waals surface area (Å²) in [6.45, 7) is 3.52. The van der Waals surface area contributed by atoms with Crippen molar-refractivity contribution in [1.82, 2.24) is 0 Å². The molecule has 4 heteroatoms. The number of rotatable bonds is 1. The van der Waals surface area contributed by atoms with Crippen molar-refractivity contribution in [3.05, 3.63) is 36.8 Å². The summed E-state index contributed by atoms with van der Waals surface area (Å²) in [7, 11) is -4.07. The van der Waals surface area contributed by atoms with Crippen LogP contribution in [0.1, 0.15) is 5.56 Å². The molecule has 0 heterocycles. The SMILES string of the molecule is [CH2]c1cccc(S(=O)(=O)O)c1. The van der Waals surface area contributed by atoms with Gasteiger partial charge in [0, 0.05) is 0 Å². The smallest absolute Gasteiger partial charge is 0.282 e. The molecule has 0 unspecified atom stereocenters. The highest BCUT2D eigenvalue weighted by molar-refractivity contribution is 7.85. The zero-order valence-corrected chi connectivity index (χ0v) is 6.50. The lowest BCUT2D eigenvalue weighted by molar-refractivity contribution is 0.483. The minimum absolute atomic E-state index is 0.120. The molecule has 1 radical (unpaired) electrons. The number of hydrogen-bond donors (Lipinski definition) is 1. The molecule has 0 aromatic heterocycles. The monoisotopic (exact) mass is 171 g/mol. The lowest BCUT2D eigenvalue weighted by Gasteiger charge is -1.96. The van der Waals surface area contributed by atoms with Crippen LogP contribution in [0.4, 0.5) is 0 Å². The molecule has 1 aromatic rings. The van der Waals surface area contributed by atoms with Crippen LogP contribution in [-0.2, 0) is 10.1 Å².